The second-order valence-electron chi connectivity index (χ2n) is 7.70. The first-order chi connectivity index (χ1) is 13.3. The van der Waals surface area contributed by atoms with Crippen molar-refractivity contribution < 1.29 is 0 Å². The third kappa shape index (κ3) is 3.80. The molecular formula is C25H30N2O. The van der Waals surface area contributed by atoms with Gasteiger partial charge in [0, 0.05) is 13.5 Å². The SMILES string of the molecule is CCc1cc(C)cc(CC)c1-c1c(Cc2ccc(C)cc2)c(C)nn(C)c1=O. The van der Waals surface area contributed by atoms with Gasteiger partial charge in [-0.25, -0.2) is 4.68 Å². The normalized spacial score (nSPS) is 11.1. The van der Waals surface area contributed by atoms with Crippen molar-refractivity contribution in [2.45, 2.75) is 53.9 Å². The van der Waals surface area contributed by atoms with Gasteiger partial charge in [0.1, 0.15) is 0 Å². The Hall–Kier alpha value is -2.68. The van der Waals surface area contributed by atoms with Crippen molar-refractivity contribution in [1.82, 2.24) is 9.78 Å². The molecule has 3 aromatic rings. The van der Waals surface area contributed by atoms with Gasteiger partial charge in [-0.15, -0.1) is 0 Å². The highest BCUT2D eigenvalue weighted by Gasteiger charge is 2.21. The topological polar surface area (TPSA) is 34.9 Å². The Labute approximate surface area is 168 Å². The summed E-state index contributed by atoms with van der Waals surface area (Å²) in [6, 6.07) is 13.0. The molecule has 0 radical (unpaired) electrons. The molecule has 0 saturated heterocycles. The van der Waals surface area contributed by atoms with Crippen LogP contribution in [0.15, 0.2) is 41.2 Å². The molecule has 2 aromatic carbocycles. The number of nitrogens with zero attached hydrogens (tertiary/aromatic N) is 2. The second-order valence-corrected chi connectivity index (χ2v) is 7.70. The van der Waals surface area contributed by atoms with Crippen LogP contribution in [0, 0.1) is 20.8 Å². The Kier molecular flexibility index (Phi) is 5.83. The lowest BCUT2D eigenvalue weighted by Gasteiger charge is -2.19. The number of hydrogen-bond donors (Lipinski definition) is 0. The van der Waals surface area contributed by atoms with Gasteiger partial charge in [0.25, 0.3) is 5.56 Å². The minimum atomic E-state index is -0.0130. The summed E-state index contributed by atoms with van der Waals surface area (Å²) in [5, 5.41) is 4.51. The molecule has 3 heteroatoms. The van der Waals surface area contributed by atoms with Crippen LogP contribution in [-0.2, 0) is 26.3 Å². The van der Waals surface area contributed by atoms with Crippen LogP contribution in [0.25, 0.3) is 11.1 Å². The zero-order chi connectivity index (χ0) is 20.4. The van der Waals surface area contributed by atoms with Crippen LogP contribution in [0.1, 0.15) is 52.9 Å². The summed E-state index contributed by atoms with van der Waals surface area (Å²) >= 11 is 0. The molecule has 146 valence electrons. The van der Waals surface area contributed by atoms with E-state index in [2.05, 4.69) is 69.2 Å². The van der Waals surface area contributed by atoms with E-state index in [1.165, 1.54) is 32.5 Å². The average molecular weight is 375 g/mol. The molecular weight excluding hydrogens is 344 g/mol. The summed E-state index contributed by atoms with van der Waals surface area (Å²) in [6.07, 6.45) is 2.52. The van der Waals surface area contributed by atoms with Gasteiger partial charge in [-0.2, -0.15) is 5.10 Å². The van der Waals surface area contributed by atoms with Crippen molar-refractivity contribution >= 4 is 0 Å². The van der Waals surface area contributed by atoms with Crippen molar-refractivity contribution in [3.63, 3.8) is 0 Å². The van der Waals surface area contributed by atoms with Crippen LogP contribution in [0.2, 0.25) is 0 Å². The number of hydrogen-bond acceptors (Lipinski definition) is 2. The molecule has 0 bridgehead atoms. The molecule has 0 spiro atoms. The van der Waals surface area contributed by atoms with Gasteiger partial charge >= 0.3 is 0 Å². The Morgan fingerprint density at radius 3 is 1.96 bits per heavy atom. The van der Waals surface area contributed by atoms with Crippen LogP contribution in [-0.4, -0.2) is 9.78 Å². The zero-order valence-corrected chi connectivity index (χ0v) is 17.9. The van der Waals surface area contributed by atoms with Crippen LogP contribution in [0.3, 0.4) is 0 Å². The molecule has 0 unspecified atom stereocenters. The maximum Gasteiger partial charge on any atom is 0.274 e. The molecule has 0 aliphatic rings. The molecule has 0 fully saturated rings. The highest BCUT2D eigenvalue weighted by molar-refractivity contribution is 5.75. The zero-order valence-electron chi connectivity index (χ0n) is 17.9. The highest BCUT2D eigenvalue weighted by Crippen LogP contribution is 2.32. The first-order valence-corrected chi connectivity index (χ1v) is 10.1. The number of aromatic nitrogens is 2. The summed E-state index contributed by atoms with van der Waals surface area (Å²) in [6.45, 7) is 10.6. The van der Waals surface area contributed by atoms with E-state index in [0.29, 0.717) is 6.42 Å². The second kappa shape index (κ2) is 8.14. The predicted octanol–water partition coefficient (Wildman–Crippen LogP) is 5.09. The Morgan fingerprint density at radius 2 is 1.43 bits per heavy atom. The average Bonchev–Trinajstić information content (AvgIpc) is 2.67. The summed E-state index contributed by atoms with van der Waals surface area (Å²) in [5.74, 6) is 0. The monoisotopic (exact) mass is 374 g/mol. The van der Waals surface area contributed by atoms with Gasteiger partial charge in [0.2, 0.25) is 0 Å². The van der Waals surface area contributed by atoms with Crippen LogP contribution < -0.4 is 5.56 Å². The molecule has 28 heavy (non-hydrogen) atoms. The fraction of sp³-hybridized carbons (Fsp3) is 0.360. The molecule has 0 amide bonds. The summed E-state index contributed by atoms with van der Waals surface area (Å²) < 4.78 is 1.49. The Balaban J connectivity index is 2.32. The summed E-state index contributed by atoms with van der Waals surface area (Å²) in [7, 11) is 1.75. The maximum absolute atomic E-state index is 13.3. The maximum atomic E-state index is 13.3. The van der Waals surface area contributed by atoms with Crippen molar-refractivity contribution in [2.24, 2.45) is 7.05 Å². The smallest absolute Gasteiger partial charge is 0.267 e. The van der Waals surface area contributed by atoms with Gasteiger partial charge in [-0.1, -0.05) is 61.4 Å². The van der Waals surface area contributed by atoms with Gasteiger partial charge < -0.3 is 0 Å². The van der Waals surface area contributed by atoms with Crippen LogP contribution in [0.4, 0.5) is 0 Å². The third-order valence-electron chi connectivity index (χ3n) is 5.51. The number of aryl methyl sites for hydroxylation is 6. The fourth-order valence-electron chi connectivity index (χ4n) is 4.01. The van der Waals surface area contributed by atoms with E-state index < -0.39 is 0 Å². The van der Waals surface area contributed by atoms with Gasteiger partial charge in [-0.05, 0) is 61.4 Å². The van der Waals surface area contributed by atoms with E-state index in [4.69, 9.17) is 0 Å². The molecule has 0 saturated carbocycles. The van der Waals surface area contributed by atoms with Gasteiger partial charge in [0.15, 0.2) is 0 Å². The molecule has 1 heterocycles. The van der Waals surface area contributed by atoms with E-state index in [-0.39, 0.29) is 5.56 Å². The van der Waals surface area contributed by atoms with Crippen LogP contribution in [0.5, 0.6) is 0 Å². The van der Waals surface area contributed by atoms with Crippen molar-refractivity contribution in [1.29, 1.82) is 0 Å². The highest BCUT2D eigenvalue weighted by atomic mass is 16.1. The van der Waals surface area contributed by atoms with E-state index in [1.54, 1.807) is 7.05 Å². The lowest BCUT2D eigenvalue weighted by atomic mass is 9.86. The number of benzene rings is 2. The van der Waals surface area contributed by atoms with Crippen molar-refractivity contribution in [3.8, 4) is 11.1 Å². The van der Waals surface area contributed by atoms with E-state index in [0.717, 1.165) is 35.2 Å². The Bertz CT molecular complexity index is 1030. The molecule has 3 nitrogen and oxygen atoms in total. The minimum Gasteiger partial charge on any atom is -0.267 e. The number of rotatable bonds is 5. The minimum absolute atomic E-state index is 0.0130. The molecule has 0 aliphatic heterocycles. The van der Waals surface area contributed by atoms with Crippen molar-refractivity contribution in [3.05, 3.63) is 85.8 Å². The molecule has 0 aliphatic carbocycles. The third-order valence-corrected chi connectivity index (χ3v) is 5.51. The van der Waals surface area contributed by atoms with Gasteiger partial charge in [0.05, 0.1) is 11.3 Å². The lowest BCUT2D eigenvalue weighted by molar-refractivity contribution is 0.687. The van der Waals surface area contributed by atoms with E-state index in [1.807, 2.05) is 6.92 Å². The quantitative estimate of drug-likeness (QED) is 0.623. The van der Waals surface area contributed by atoms with Crippen molar-refractivity contribution in [2.75, 3.05) is 0 Å². The first-order valence-electron chi connectivity index (χ1n) is 10.1. The standard InChI is InChI=1S/C25H30N2O/c1-7-20-13-17(4)14-21(8-2)23(20)24-22(18(5)26-27(6)25(24)28)15-19-11-9-16(3)10-12-19/h9-14H,7-8,15H2,1-6H3. The summed E-state index contributed by atoms with van der Waals surface area (Å²) in [5.41, 5.74) is 10.1. The molecule has 0 N–H and O–H groups in total. The lowest BCUT2D eigenvalue weighted by Crippen LogP contribution is -2.25. The largest absolute Gasteiger partial charge is 0.274 e. The van der Waals surface area contributed by atoms with E-state index >= 15 is 0 Å². The predicted molar refractivity (Wildman–Crippen MR) is 117 cm³/mol. The fourth-order valence-corrected chi connectivity index (χ4v) is 4.01. The van der Waals surface area contributed by atoms with Gasteiger partial charge in [-0.3, -0.25) is 4.79 Å². The Morgan fingerprint density at radius 1 is 0.857 bits per heavy atom. The van der Waals surface area contributed by atoms with E-state index in [9.17, 15) is 4.79 Å². The molecule has 0 atom stereocenters. The first kappa shape index (κ1) is 20.1. The summed E-state index contributed by atoms with van der Waals surface area (Å²) in [4.78, 5) is 13.3. The molecule has 3 rings (SSSR count). The molecule has 1 aromatic heterocycles. The van der Waals surface area contributed by atoms with Crippen LogP contribution >= 0.6 is 0 Å².